The molecule has 0 radical (unpaired) electrons. The van der Waals surface area contributed by atoms with Crippen molar-refractivity contribution >= 4 is 23.6 Å². The van der Waals surface area contributed by atoms with Gasteiger partial charge in [-0.05, 0) is 73.6 Å². The summed E-state index contributed by atoms with van der Waals surface area (Å²) in [5.41, 5.74) is 2.90. The van der Waals surface area contributed by atoms with Gasteiger partial charge in [0, 0.05) is 23.1 Å². The molecule has 0 aromatic heterocycles. The number of methoxy groups -OCH3 is 1. The Morgan fingerprint density at radius 3 is 2.55 bits per heavy atom. The van der Waals surface area contributed by atoms with E-state index in [1.807, 2.05) is 36.4 Å². The molecule has 0 bridgehead atoms. The first-order valence-electron chi connectivity index (χ1n) is 10.2. The Morgan fingerprint density at radius 2 is 1.83 bits per heavy atom. The average molecular weight is 412 g/mol. The van der Waals surface area contributed by atoms with Gasteiger partial charge in [-0.1, -0.05) is 29.8 Å². The fourth-order valence-corrected chi connectivity index (χ4v) is 4.23. The van der Waals surface area contributed by atoms with Gasteiger partial charge >= 0.3 is 0 Å². The highest BCUT2D eigenvalue weighted by molar-refractivity contribution is 6.30. The van der Waals surface area contributed by atoms with E-state index in [-0.39, 0.29) is 17.9 Å². The first-order chi connectivity index (χ1) is 14.1. The largest absolute Gasteiger partial charge is 0.493 e. The van der Waals surface area contributed by atoms with Gasteiger partial charge in [0.05, 0.1) is 13.2 Å². The molecule has 1 aliphatic heterocycles. The standard InChI is InChI=1S/C24H26ClNO3/c1-28-22-11-8-17(14-23(22)29-21-4-2-3-5-21)19-13-18(24(27)26-15-19)12-16-6-9-20(25)10-7-16/h6-12,14,19,21H,2-5,13,15H2,1H3,(H,26,27). The number of carbonyl (C=O) groups is 1. The van der Waals surface area contributed by atoms with Crippen LogP contribution in [0.4, 0.5) is 0 Å². The topological polar surface area (TPSA) is 47.6 Å². The van der Waals surface area contributed by atoms with Gasteiger partial charge in [0.25, 0.3) is 0 Å². The first kappa shape index (κ1) is 19.8. The summed E-state index contributed by atoms with van der Waals surface area (Å²) in [5.74, 6) is 1.75. The van der Waals surface area contributed by atoms with E-state index in [4.69, 9.17) is 21.1 Å². The zero-order valence-electron chi connectivity index (χ0n) is 16.6. The Bertz CT molecular complexity index is 901. The number of carbonyl (C=O) groups excluding carboxylic acids is 1. The molecule has 0 spiro atoms. The Kier molecular flexibility index (Phi) is 6.10. The maximum Gasteiger partial charge on any atom is 0.247 e. The molecule has 1 atom stereocenters. The summed E-state index contributed by atoms with van der Waals surface area (Å²) in [6.45, 7) is 0.617. The quantitative estimate of drug-likeness (QED) is 0.674. The van der Waals surface area contributed by atoms with Gasteiger partial charge in [-0.25, -0.2) is 0 Å². The van der Waals surface area contributed by atoms with Crippen LogP contribution in [0.25, 0.3) is 6.08 Å². The normalized spacial score (nSPS) is 21.2. The maximum absolute atomic E-state index is 12.4. The van der Waals surface area contributed by atoms with Gasteiger partial charge in [-0.3, -0.25) is 4.79 Å². The van der Waals surface area contributed by atoms with E-state index in [0.717, 1.165) is 41.0 Å². The third kappa shape index (κ3) is 4.76. The molecule has 2 aliphatic rings. The smallest absolute Gasteiger partial charge is 0.247 e. The number of halogens is 1. The monoisotopic (exact) mass is 411 g/mol. The molecule has 2 aromatic carbocycles. The SMILES string of the molecule is COc1ccc(C2CNC(=O)C(=Cc3ccc(Cl)cc3)C2)cc1OC1CCCC1. The van der Waals surface area contributed by atoms with E-state index in [0.29, 0.717) is 18.0 Å². The summed E-state index contributed by atoms with van der Waals surface area (Å²) in [6, 6.07) is 13.6. The number of amides is 1. The number of piperidine rings is 1. The van der Waals surface area contributed by atoms with Gasteiger partial charge in [-0.2, -0.15) is 0 Å². The van der Waals surface area contributed by atoms with E-state index < -0.39 is 0 Å². The fraction of sp³-hybridized carbons (Fsp3) is 0.375. The second kappa shape index (κ2) is 8.91. The van der Waals surface area contributed by atoms with Crippen molar-refractivity contribution in [3.05, 3.63) is 64.2 Å². The van der Waals surface area contributed by atoms with E-state index in [1.165, 1.54) is 12.8 Å². The van der Waals surface area contributed by atoms with Crippen molar-refractivity contribution in [2.24, 2.45) is 0 Å². The number of rotatable bonds is 5. The number of hydrogen-bond acceptors (Lipinski definition) is 3. The van der Waals surface area contributed by atoms with Gasteiger partial charge in [0.1, 0.15) is 0 Å². The van der Waals surface area contributed by atoms with Crippen molar-refractivity contribution in [2.45, 2.75) is 44.1 Å². The Morgan fingerprint density at radius 1 is 1.07 bits per heavy atom. The molecule has 5 heteroatoms. The molecule has 4 nitrogen and oxygen atoms in total. The molecule has 1 saturated carbocycles. The summed E-state index contributed by atoms with van der Waals surface area (Å²) >= 11 is 5.96. The van der Waals surface area contributed by atoms with Crippen LogP contribution in [0.3, 0.4) is 0 Å². The Labute approximate surface area is 176 Å². The highest BCUT2D eigenvalue weighted by Crippen LogP contribution is 2.36. The lowest BCUT2D eigenvalue weighted by Crippen LogP contribution is -2.35. The minimum absolute atomic E-state index is 0.00728. The molecule has 1 N–H and O–H groups in total. The number of benzene rings is 2. The third-order valence-corrected chi connectivity index (χ3v) is 5.98. The van der Waals surface area contributed by atoms with Crippen LogP contribution in [-0.2, 0) is 4.79 Å². The molecular weight excluding hydrogens is 386 g/mol. The lowest BCUT2D eigenvalue weighted by Gasteiger charge is -2.26. The number of hydrogen-bond donors (Lipinski definition) is 1. The van der Waals surface area contributed by atoms with Crippen LogP contribution in [0.5, 0.6) is 11.5 Å². The Balaban J connectivity index is 1.55. The van der Waals surface area contributed by atoms with Crippen molar-refractivity contribution in [1.82, 2.24) is 5.32 Å². The number of nitrogens with one attached hydrogen (secondary N) is 1. The maximum atomic E-state index is 12.4. The second-order valence-corrected chi connectivity index (χ2v) is 8.20. The molecule has 152 valence electrons. The van der Waals surface area contributed by atoms with Crippen LogP contribution >= 0.6 is 11.6 Å². The van der Waals surface area contributed by atoms with E-state index in [1.54, 1.807) is 7.11 Å². The van der Waals surface area contributed by atoms with Gasteiger partial charge in [0.15, 0.2) is 11.5 Å². The highest BCUT2D eigenvalue weighted by atomic mass is 35.5. The first-order valence-corrected chi connectivity index (χ1v) is 10.6. The third-order valence-electron chi connectivity index (χ3n) is 5.73. The Hall–Kier alpha value is -2.46. The van der Waals surface area contributed by atoms with E-state index in [2.05, 4.69) is 17.4 Å². The minimum Gasteiger partial charge on any atom is -0.493 e. The predicted octanol–water partition coefficient (Wildman–Crippen LogP) is 5.36. The fourth-order valence-electron chi connectivity index (χ4n) is 4.11. The van der Waals surface area contributed by atoms with Crippen LogP contribution in [0.2, 0.25) is 5.02 Å². The zero-order chi connectivity index (χ0) is 20.2. The van der Waals surface area contributed by atoms with E-state index in [9.17, 15) is 4.79 Å². The summed E-state index contributed by atoms with van der Waals surface area (Å²) in [4.78, 5) is 12.4. The van der Waals surface area contributed by atoms with Crippen LogP contribution in [0, 0.1) is 0 Å². The molecule has 1 aliphatic carbocycles. The summed E-state index contributed by atoms with van der Waals surface area (Å²) in [6.07, 6.45) is 7.54. The van der Waals surface area contributed by atoms with Gasteiger partial charge in [0.2, 0.25) is 5.91 Å². The van der Waals surface area contributed by atoms with Crippen molar-refractivity contribution in [3.8, 4) is 11.5 Å². The molecule has 29 heavy (non-hydrogen) atoms. The molecule has 1 heterocycles. The lowest BCUT2D eigenvalue weighted by atomic mass is 9.87. The van der Waals surface area contributed by atoms with Crippen LogP contribution in [0.15, 0.2) is 48.0 Å². The van der Waals surface area contributed by atoms with Crippen molar-refractivity contribution < 1.29 is 14.3 Å². The number of ether oxygens (including phenoxy) is 2. The average Bonchev–Trinajstić information content (AvgIpc) is 3.24. The van der Waals surface area contributed by atoms with Gasteiger partial charge in [-0.15, -0.1) is 0 Å². The predicted molar refractivity (Wildman–Crippen MR) is 116 cm³/mol. The summed E-state index contributed by atoms with van der Waals surface area (Å²) in [5, 5.41) is 3.71. The van der Waals surface area contributed by atoms with Crippen molar-refractivity contribution in [3.63, 3.8) is 0 Å². The molecule has 2 fully saturated rings. The van der Waals surface area contributed by atoms with E-state index >= 15 is 0 Å². The molecule has 1 saturated heterocycles. The summed E-state index contributed by atoms with van der Waals surface area (Å²) < 4.78 is 11.8. The van der Waals surface area contributed by atoms with Crippen molar-refractivity contribution in [2.75, 3.05) is 13.7 Å². The zero-order valence-corrected chi connectivity index (χ0v) is 17.4. The molecule has 1 unspecified atom stereocenters. The molecule has 4 rings (SSSR count). The highest BCUT2D eigenvalue weighted by Gasteiger charge is 2.26. The minimum atomic E-state index is -0.00728. The molecule has 2 aromatic rings. The van der Waals surface area contributed by atoms with Crippen LogP contribution < -0.4 is 14.8 Å². The van der Waals surface area contributed by atoms with Crippen LogP contribution in [-0.4, -0.2) is 25.7 Å². The second-order valence-electron chi connectivity index (χ2n) is 7.77. The van der Waals surface area contributed by atoms with Gasteiger partial charge < -0.3 is 14.8 Å². The van der Waals surface area contributed by atoms with Crippen LogP contribution in [0.1, 0.15) is 49.1 Å². The molecular formula is C24H26ClNO3. The molecule has 1 amide bonds. The van der Waals surface area contributed by atoms with Crippen molar-refractivity contribution in [1.29, 1.82) is 0 Å². The summed E-state index contributed by atoms with van der Waals surface area (Å²) in [7, 11) is 1.67. The lowest BCUT2D eigenvalue weighted by molar-refractivity contribution is -0.118.